The molecule has 136 valence electrons. The van der Waals surface area contributed by atoms with Crippen LogP contribution in [0.25, 0.3) is 0 Å². The Labute approximate surface area is 148 Å². The van der Waals surface area contributed by atoms with E-state index in [-0.39, 0.29) is 34.5 Å². The molecule has 1 saturated carbocycles. The standard InChI is InChI=1S/C18H17F2N3O3/c1-10(14-6-3-12(19)9-15(14)20)21-16-7-2-11(8-17(16)23(25)26)18(24)22-13-4-5-13/h2-3,6-10,13,21H,4-5H2,1H3,(H,22,24)/t10-/m0/s1. The van der Waals surface area contributed by atoms with Crippen LogP contribution in [-0.4, -0.2) is 16.9 Å². The monoisotopic (exact) mass is 361 g/mol. The number of anilines is 1. The van der Waals surface area contributed by atoms with Crippen LogP contribution in [0.4, 0.5) is 20.2 Å². The lowest BCUT2D eigenvalue weighted by Crippen LogP contribution is -2.25. The summed E-state index contributed by atoms with van der Waals surface area (Å²) in [6.07, 6.45) is 1.82. The number of hydrogen-bond acceptors (Lipinski definition) is 4. The van der Waals surface area contributed by atoms with Crippen molar-refractivity contribution in [1.29, 1.82) is 0 Å². The van der Waals surface area contributed by atoms with Gasteiger partial charge in [-0.2, -0.15) is 0 Å². The first-order chi connectivity index (χ1) is 12.3. The fourth-order valence-corrected chi connectivity index (χ4v) is 2.61. The van der Waals surface area contributed by atoms with Gasteiger partial charge >= 0.3 is 0 Å². The molecule has 2 N–H and O–H groups in total. The molecule has 1 aliphatic carbocycles. The van der Waals surface area contributed by atoms with Crippen molar-refractivity contribution in [1.82, 2.24) is 5.32 Å². The molecule has 0 saturated heterocycles. The number of nitrogens with zero attached hydrogens (tertiary/aromatic N) is 1. The molecule has 0 unspecified atom stereocenters. The largest absolute Gasteiger partial charge is 0.373 e. The highest BCUT2D eigenvalue weighted by Gasteiger charge is 2.25. The van der Waals surface area contributed by atoms with Crippen LogP contribution < -0.4 is 10.6 Å². The van der Waals surface area contributed by atoms with Crippen LogP contribution >= 0.6 is 0 Å². The van der Waals surface area contributed by atoms with Gasteiger partial charge in [0.05, 0.1) is 11.0 Å². The van der Waals surface area contributed by atoms with Crippen molar-refractivity contribution in [2.24, 2.45) is 0 Å². The zero-order valence-electron chi connectivity index (χ0n) is 14.0. The van der Waals surface area contributed by atoms with Crippen LogP contribution in [0.2, 0.25) is 0 Å². The minimum absolute atomic E-state index is 0.140. The first-order valence-electron chi connectivity index (χ1n) is 8.16. The zero-order chi connectivity index (χ0) is 18.8. The van der Waals surface area contributed by atoms with Gasteiger partial charge in [0.25, 0.3) is 11.6 Å². The highest BCUT2D eigenvalue weighted by Crippen LogP contribution is 2.30. The molecule has 8 heteroatoms. The van der Waals surface area contributed by atoms with E-state index in [4.69, 9.17) is 0 Å². The summed E-state index contributed by atoms with van der Waals surface area (Å²) in [5.41, 5.74) is 0.225. The van der Waals surface area contributed by atoms with E-state index in [0.717, 1.165) is 25.0 Å². The summed E-state index contributed by atoms with van der Waals surface area (Å²) >= 11 is 0. The number of halogens is 2. The summed E-state index contributed by atoms with van der Waals surface area (Å²) < 4.78 is 26.9. The van der Waals surface area contributed by atoms with E-state index >= 15 is 0 Å². The first kappa shape index (κ1) is 17.8. The van der Waals surface area contributed by atoms with E-state index in [2.05, 4.69) is 10.6 Å². The quantitative estimate of drug-likeness (QED) is 0.603. The van der Waals surface area contributed by atoms with Gasteiger partial charge in [0, 0.05) is 29.3 Å². The Bertz CT molecular complexity index is 869. The van der Waals surface area contributed by atoms with Crippen LogP contribution in [0, 0.1) is 21.7 Å². The molecular weight excluding hydrogens is 344 g/mol. The Balaban J connectivity index is 1.84. The van der Waals surface area contributed by atoms with Gasteiger partial charge in [-0.05, 0) is 38.0 Å². The second kappa shape index (κ2) is 7.07. The van der Waals surface area contributed by atoms with E-state index in [9.17, 15) is 23.7 Å². The fourth-order valence-electron chi connectivity index (χ4n) is 2.61. The van der Waals surface area contributed by atoms with Gasteiger partial charge in [0.2, 0.25) is 0 Å². The van der Waals surface area contributed by atoms with Crippen molar-refractivity contribution >= 4 is 17.3 Å². The third-order valence-electron chi connectivity index (χ3n) is 4.17. The maximum atomic E-state index is 13.9. The number of nitrogens with one attached hydrogen (secondary N) is 2. The Morgan fingerprint density at radius 1 is 1.23 bits per heavy atom. The summed E-state index contributed by atoms with van der Waals surface area (Å²) in [4.78, 5) is 22.8. The number of carbonyl (C=O) groups is 1. The van der Waals surface area contributed by atoms with Crippen molar-refractivity contribution in [3.63, 3.8) is 0 Å². The van der Waals surface area contributed by atoms with E-state index in [1.165, 1.54) is 24.3 Å². The zero-order valence-corrected chi connectivity index (χ0v) is 14.0. The highest BCUT2D eigenvalue weighted by molar-refractivity contribution is 5.96. The van der Waals surface area contributed by atoms with Gasteiger partial charge < -0.3 is 10.6 Å². The summed E-state index contributed by atoms with van der Waals surface area (Å²) in [6, 6.07) is 6.74. The molecule has 0 aromatic heterocycles. The number of amides is 1. The molecule has 1 atom stereocenters. The molecule has 0 radical (unpaired) electrons. The molecule has 0 aliphatic heterocycles. The predicted molar refractivity (Wildman–Crippen MR) is 92.0 cm³/mol. The fraction of sp³-hybridized carbons (Fsp3) is 0.278. The SMILES string of the molecule is C[C@H](Nc1ccc(C(=O)NC2CC2)cc1[N+](=O)[O-])c1ccc(F)cc1F. The van der Waals surface area contributed by atoms with Gasteiger partial charge in [0.1, 0.15) is 17.3 Å². The minimum atomic E-state index is -0.743. The molecule has 3 rings (SSSR count). The summed E-state index contributed by atoms with van der Waals surface area (Å²) in [5.74, 6) is -1.80. The second-order valence-corrected chi connectivity index (χ2v) is 6.27. The van der Waals surface area contributed by atoms with Gasteiger partial charge in [-0.15, -0.1) is 0 Å². The third kappa shape index (κ3) is 3.96. The van der Waals surface area contributed by atoms with E-state index in [1.54, 1.807) is 6.92 Å². The number of carbonyl (C=O) groups excluding carboxylic acids is 1. The molecular formula is C18H17F2N3O3. The Kier molecular flexibility index (Phi) is 4.83. The lowest BCUT2D eigenvalue weighted by molar-refractivity contribution is -0.384. The number of benzene rings is 2. The van der Waals surface area contributed by atoms with Crippen molar-refractivity contribution in [3.05, 3.63) is 69.3 Å². The maximum Gasteiger partial charge on any atom is 0.293 e. The second-order valence-electron chi connectivity index (χ2n) is 6.27. The van der Waals surface area contributed by atoms with Crippen molar-refractivity contribution in [3.8, 4) is 0 Å². The smallest absolute Gasteiger partial charge is 0.293 e. The molecule has 1 aliphatic rings. The first-order valence-corrected chi connectivity index (χ1v) is 8.16. The maximum absolute atomic E-state index is 13.9. The van der Waals surface area contributed by atoms with Gasteiger partial charge in [-0.25, -0.2) is 8.78 Å². The van der Waals surface area contributed by atoms with Crippen molar-refractivity contribution in [2.75, 3.05) is 5.32 Å². The summed E-state index contributed by atoms with van der Waals surface area (Å²) in [6.45, 7) is 1.60. The van der Waals surface area contributed by atoms with E-state index < -0.39 is 22.6 Å². The molecule has 26 heavy (non-hydrogen) atoms. The summed E-state index contributed by atoms with van der Waals surface area (Å²) in [7, 11) is 0. The summed E-state index contributed by atoms with van der Waals surface area (Å²) in [5, 5.41) is 17.0. The molecule has 1 amide bonds. The molecule has 0 heterocycles. The van der Waals surface area contributed by atoms with Gasteiger partial charge in [-0.3, -0.25) is 14.9 Å². The molecule has 0 bridgehead atoms. The average Bonchev–Trinajstić information content (AvgIpc) is 3.38. The highest BCUT2D eigenvalue weighted by atomic mass is 19.1. The molecule has 0 spiro atoms. The minimum Gasteiger partial charge on any atom is -0.373 e. The lowest BCUT2D eigenvalue weighted by Gasteiger charge is -2.17. The van der Waals surface area contributed by atoms with Crippen LogP contribution in [-0.2, 0) is 0 Å². The van der Waals surface area contributed by atoms with Crippen LogP contribution in [0.1, 0.15) is 41.7 Å². The molecule has 6 nitrogen and oxygen atoms in total. The van der Waals surface area contributed by atoms with Crippen molar-refractivity contribution < 1.29 is 18.5 Å². The van der Waals surface area contributed by atoms with Crippen LogP contribution in [0.3, 0.4) is 0 Å². The van der Waals surface area contributed by atoms with Crippen LogP contribution in [0.5, 0.6) is 0 Å². The average molecular weight is 361 g/mol. The Morgan fingerprint density at radius 2 is 1.96 bits per heavy atom. The van der Waals surface area contributed by atoms with Gasteiger partial charge in [0.15, 0.2) is 0 Å². The predicted octanol–water partition coefficient (Wildman–Crippen LogP) is 3.94. The van der Waals surface area contributed by atoms with Gasteiger partial charge in [-0.1, -0.05) is 6.07 Å². The molecule has 1 fully saturated rings. The third-order valence-corrected chi connectivity index (χ3v) is 4.17. The molecule has 2 aromatic rings. The number of nitro benzene ring substituents is 1. The lowest BCUT2D eigenvalue weighted by atomic mass is 10.1. The van der Waals surface area contributed by atoms with E-state index in [0.29, 0.717) is 0 Å². The van der Waals surface area contributed by atoms with Crippen LogP contribution in [0.15, 0.2) is 36.4 Å². The topological polar surface area (TPSA) is 84.3 Å². The van der Waals surface area contributed by atoms with Crippen molar-refractivity contribution in [2.45, 2.75) is 31.8 Å². The number of rotatable bonds is 6. The molecule has 2 aromatic carbocycles. The number of hydrogen-bond donors (Lipinski definition) is 2. The van der Waals surface area contributed by atoms with E-state index in [1.807, 2.05) is 0 Å². The Hall–Kier alpha value is -3.03. The Morgan fingerprint density at radius 3 is 2.58 bits per heavy atom. The number of nitro groups is 1. The normalized spacial score (nSPS) is 14.6.